The fourth-order valence-electron chi connectivity index (χ4n) is 5.39. The van der Waals surface area contributed by atoms with Crippen LogP contribution in [0.4, 0.5) is 0 Å². The summed E-state index contributed by atoms with van der Waals surface area (Å²) in [4.78, 5) is 0. The van der Waals surface area contributed by atoms with Gasteiger partial charge in [-0.15, -0.1) is 10.2 Å². The predicted octanol–water partition coefficient (Wildman–Crippen LogP) is 4.16. The van der Waals surface area contributed by atoms with Crippen molar-refractivity contribution in [2.24, 2.45) is 17.3 Å². The third-order valence-electron chi connectivity index (χ3n) is 5.21. The molecule has 92 valence electrons. The van der Waals surface area contributed by atoms with Crippen LogP contribution in [0.3, 0.4) is 0 Å². The van der Waals surface area contributed by atoms with E-state index >= 15 is 0 Å². The van der Waals surface area contributed by atoms with E-state index in [0.29, 0.717) is 10.8 Å². The Hall–Kier alpha value is 0.0400. The second-order valence-electron chi connectivity index (χ2n) is 6.91. The van der Waals surface area contributed by atoms with Crippen molar-refractivity contribution in [3.05, 3.63) is 8.92 Å². The van der Waals surface area contributed by atoms with Gasteiger partial charge in [-0.1, -0.05) is 18.3 Å². The highest BCUT2D eigenvalue weighted by atomic mass is 79.9. The van der Waals surface area contributed by atoms with E-state index in [9.17, 15) is 0 Å². The molecule has 17 heavy (non-hydrogen) atoms. The van der Waals surface area contributed by atoms with E-state index in [1.165, 1.54) is 43.5 Å². The molecule has 0 radical (unpaired) electrons. The highest BCUT2D eigenvalue weighted by molar-refractivity contribution is 9.11. The molecule has 2 unspecified atom stereocenters. The van der Waals surface area contributed by atoms with Crippen LogP contribution in [0.15, 0.2) is 3.92 Å². The Kier molecular flexibility index (Phi) is 2.13. The van der Waals surface area contributed by atoms with Crippen LogP contribution in [-0.2, 0) is 5.41 Å². The van der Waals surface area contributed by atoms with Gasteiger partial charge in [0.15, 0.2) is 3.92 Å². The molecule has 1 aromatic rings. The highest BCUT2D eigenvalue weighted by Gasteiger charge is 2.57. The standard InChI is InChI=1S/C13H17BrN2S/c1-12-3-8-2-9(4-12)6-13(5-8,7-12)10-15-16-11(14)17-10/h8-9H,2-7H2,1H3. The van der Waals surface area contributed by atoms with Crippen LogP contribution >= 0.6 is 27.3 Å². The summed E-state index contributed by atoms with van der Waals surface area (Å²) in [6, 6.07) is 0. The number of hydrogen-bond donors (Lipinski definition) is 0. The monoisotopic (exact) mass is 312 g/mol. The fourth-order valence-corrected chi connectivity index (χ4v) is 6.71. The van der Waals surface area contributed by atoms with E-state index in [-0.39, 0.29) is 0 Å². The summed E-state index contributed by atoms with van der Waals surface area (Å²) in [5, 5.41) is 9.95. The molecule has 4 heteroatoms. The number of nitrogens with zero attached hydrogens (tertiary/aromatic N) is 2. The third kappa shape index (κ3) is 1.56. The summed E-state index contributed by atoms with van der Waals surface area (Å²) in [7, 11) is 0. The largest absolute Gasteiger partial charge is 0.183 e. The molecule has 0 N–H and O–H groups in total. The highest BCUT2D eigenvalue weighted by Crippen LogP contribution is 2.65. The Morgan fingerprint density at radius 1 is 1.18 bits per heavy atom. The van der Waals surface area contributed by atoms with E-state index in [4.69, 9.17) is 0 Å². The van der Waals surface area contributed by atoms with Crippen molar-refractivity contribution in [3.8, 4) is 0 Å². The molecule has 1 aromatic heterocycles. The summed E-state index contributed by atoms with van der Waals surface area (Å²) in [5.74, 6) is 1.92. The maximum atomic E-state index is 4.46. The third-order valence-corrected chi connectivity index (χ3v) is 6.81. The maximum Gasteiger partial charge on any atom is 0.183 e. The molecule has 4 aliphatic carbocycles. The molecule has 0 spiro atoms. The second kappa shape index (κ2) is 3.32. The summed E-state index contributed by atoms with van der Waals surface area (Å²) >= 11 is 5.24. The zero-order valence-electron chi connectivity index (χ0n) is 10.1. The van der Waals surface area contributed by atoms with Gasteiger partial charge in [0.2, 0.25) is 0 Å². The van der Waals surface area contributed by atoms with Crippen LogP contribution in [0, 0.1) is 17.3 Å². The molecule has 0 amide bonds. The van der Waals surface area contributed by atoms with Crippen molar-refractivity contribution in [1.29, 1.82) is 0 Å². The molecule has 0 aliphatic heterocycles. The number of hydrogen-bond acceptors (Lipinski definition) is 3. The van der Waals surface area contributed by atoms with Crippen molar-refractivity contribution in [2.45, 2.75) is 50.9 Å². The van der Waals surface area contributed by atoms with E-state index in [1.54, 1.807) is 11.3 Å². The van der Waals surface area contributed by atoms with Gasteiger partial charge in [0, 0.05) is 5.41 Å². The average molecular weight is 313 g/mol. The van der Waals surface area contributed by atoms with Gasteiger partial charge in [-0.25, -0.2) is 0 Å². The smallest absolute Gasteiger partial charge is 0.142 e. The lowest BCUT2D eigenvalue weighted by Crippen LogP contribution is -2.52. The van der Waals surface area contributed by atoms with Gasteiger partial charge in [0.25, 0.3) is 0 Å². The van der Waals surface area contributed by atoms with Gasteiger partial charge < -0.3 is 0 Å². The number of aromatic nitrogens is 2. The molecule has 4 saturated carbocycles. The average Bonchev–Trinajstić information content (AvgIpc) is 2.61. The molecule has 1 heterocycles. The van der Waals surface area contributed by atoms with Gasteiger partial charge in [-0.3, -0.25) is 0 Å². The molecular weight excluding hydrogens is 296 g/mol. The van der Waals surface area contributed by atoms with Crippen LogP contribution < -0.4 is 0 Å². The molecular formula is C13H17BrN2S. The minimum atomic E-state index is 0.391. The molecule has 2 atom stereocenters. The first-order valence-corrected chi connectivity index (χ1v) is 8.17. The maximum absolute atomic E-state index is 4.46. The van der Waals surface area contributed by atoms with E-state index < -0.39 is 0 Å². The lowest BCUT2D eigenvalue weighted by atomic mass is 9.45. The zero-order chi connectivity index (χ0) is 11.7. The van der Waals surface area contributed by atoms with Crippen LogP contribution in [0.2, 0.25) is 0 Å². The first-order valence-electron chi connectivity index (χ1n) is 6.57. The van der Waals surface area contributed by atoms with Crippen LogP contribution in [0.5, 0.6) is 0 Å². The lowest BCUT2D eigenvalue weighted by Gasteiger charge is -2.60. The van der Waals surface area contributed by atoms with Gasteiger partial charge in [-0.2, -0.15) is 0 Å². The van der Waals surface area contributed by atoms with E-state index in [0.717, 1.165) is 15.8 Å². The first kappa shape index (κ1) is 10.9. The minimum absolute atomic E-state index is 0.391. The van der Waals surface area contributed by atoms with Crippen molar-refractivity contribution in [2.75, 3.05) is 0 Å². The fraction of sp³-hybridized carbons (Fsp3) is 0.846. The molecule has 4 fully saturated rings. The Balaban J connectivity index is 1.79. The van der Waals surface area contributed by atoms with Crippen molar-refractivity contribution in [1.82, 2.24) is 10.2 Å². The zero-order valence-corrected chi connectivity index (χ0v) is 12.5. The molecule has 0 aromatic carbocycles. The van der Waals surface area contributed by atoms with Crippen molar-refractivity contribution < 1.29 is 0 Å². The van der Waals surface area contributed by atoms with E-state index in [1.807, 2.05) is 0 Å². The van der Waals surface area contributed by atoms with Crippen LogP contribution in [0.1, 0.15) is 50.5 Å². The van der Waals surface area contributed by atoms with E-state index in [2.05, 4.69) is 33.1 Å². The lowest BCUT2D eigenvalue weighted by molar-refractivity contribution is -0.0618. The Morgan fingerprint density at radius 2 is 1.88 bits per heavy atom. The molecule has 2 nitrogen and oxygen atoms in total. The van der Waals surface area contributed by atoms with Gasteiger partial charge in [0.05, 0.1) is 0 Å². The van der Waals surface area contributed by atoms with Crippen LogP contribution in [-0.4, -0.2) is 10.2 Å². The SMILES string of the molecule is CC12CC3CC(C1)CC(c1nnc(Br)s1)(C3)C2. The van der Waals surface area contributed by atoms with Crippen LogP contribution in [0.25, 0.3) is 0 Å². The van der Waals surface area contributed by atoms with Gasteiger partial charge >= 0.3 is 0 Å². The Bertz CT molecular complexity index is 456. The summed E-state index contributed by atoms with van der Waals surface area (Å²) < 4.78 is 0.952. The topological polar surface area (TPSA) is 25.8 Å². The quantitative estimate of drug-likeness (QED) is 0.778. The van der Waals surface area contributed by atoms with Crippen molar-refractivity contribution >= 4 is 27.3 Å². The number of halogens is 1. The first-order chi connectivity index (χ1) is 8.07. The molecule has 4 aliphatic rings. The summed E-state index contributed by atoms with van der Waals surface area (Å²) in [6.45, 7) is 2.51. The molecule has 4 bridgehead atoms. The second-order valence-corrected chi connectivity index (χ2v) is 9.17. The van der Waals surface area contributed by atoms with Crippen molar-refractivity contribution in [3.63, 3.8) is 0 Å². The Morgan fingerprint density at radius 3 is 2.41 bits per heavy atom. The Labute approximate surface area is 114 Å². The van der Waals surface area contributed by atoms with Gasteiger partial charge in [-0.05, 0) is 71.7 Å². The number of rotatable bonds is 1. The summed E-state index contributed by atoms with van der Waals surface area (Å²) in [5.41, 5.74) is 0.991. The predicted molar refractivity (Wildman–Crippen MR) is 72.1 cm³/mol. The summed E-state index contributed by atoms with van der Waals surface area (Å²) in [6.07, 6.45) is 8.52. The van der Waals surface area contributed by atoms with Gasteiger partial charge in [0.1, 0.15) is 5.01 Å². The normalized spacial score (nSPS) is 47.6. The minimum Gasteiger partial charge on any atom is -0.142 e. The molecule has 0 saturated heterocycles. The molecule has 5 rings (SSSR count).